The van der Waals surface area contributed by atoms with Gasteiger partial charge in [0.1, 0.15) is 6.10 Å². The molecule has 1 N–H and O–H groups in total. The molecular weight excluding hydrogens is 162 g/mol. The van der Waals surface area contributed by atoms with Crippen LogP contribution in [0.3, 0.4) is 0 Å². The number of aliphatic hydroxyl groups is 1. The highest BCUT2D eigenvalue weighted by Gasteiger charge is 2.41. The summed E-state index contributed by atoms with van der Waals surface area (Å²) in [4.78, 5) is 2.13. The Morgan fingerprint density at radius 2 is 1.92 bits per heavy atom. The molecular formula is C11H15NO. The second-order valence-electron chi connectivity index (χ2n) is 4.17. The molecule has 2 nitrogen and oxygen atoms in total. The largest absolute Gasteiger partial charge is 0.386 e. The number of aliphatic hydroxyl groups excluding tert-OH is 1. The van der Waals surface area contributed by atoms with Crippen molar-refractivity contribution in [2.45, 2.75) is 25.5 Å². The van der Waals surface area contributed by atoms with Gasteiger partial charge in [0.15, 0.2) is 0 Å². The number of anilines is 1. The fraction of sp³-hybridized carbons (Fsp3) is 0.455. The highest BCUT2D eigenvalue weighted by Crippen LogP contribution is 2.44. The van der Waals surface area contributed by atoms with Crippen molar-refractivity contribution in [3.05, 3.63) is 29.8 Å². The first-order valence-electron chi connectivity index (χ1n) is 4.56. The quantitative estimate of drug-likeness (QED) is 0.654. The van der Waals surface area contributed by atoms with Crippen molar-refractivity contribution in [1.29, 1.82) is 0 Å². The molecule has 1 unspecified atom stereocenters. The normalized spacial score (nSPS) is 24.6. The van der Waals surface area contributed by atoms with Gasteiger partial charge in [-0.1, -0.05) is 18.2 Å². The summed E-state index contributed by atoms with van der Waals surface area (Å²) in [5, 5.41) is 10.0. The van der Waals surface area contributed by atoms with Crippen molar-refractivity contribution in [1.82, 2.24) is 0 Å². The zero-order valence-corrected chi connectivity index (χ0v) is 8.28. The van der Waals surface area contributed by atoms with Gasteiger partial charge in [-0.15, -0.1) is 0 Å². The van der Waals surface area contributed by atoms with Crippen LogP contribution in [0.5, 0.6) is 0 Å². The summed E-state index contributed by atoms with van der Waals surface area (Å²) in [6.45, 7) is 4.11. The molecule has 1 aliphatic heterocycles. The third-order valence-electron chi connectivity index (χ3n) is 3.13. The molecule has 0 amide bonds. The third-order valence-corrected chi connectivity index (χ3v) is 3.13. The van der Waals surface area contributed by atoms with Gasteiger partial charge in [0.05, 0.1) is 5.54 Å². The van der Waals surface area contributed by atoms with Crippen LogP contribution in [0.15, 0.2) is 24.3 Å². The summed E-state index contributed by atoms with van der Waals surface area (Å²) in [6, 6.07) is 8.01. The summed E-state index contributed by atoms with van der Waals surface area (Å²) in [6.07, 6.45) is -0.381. The Labute approximate surface area is 78.8 Å². The van der Waals surface area contributed by atoms with E-state index in [1.807, 2.05) is 31.3 Å². The fourth-order valence-corrected chi connectivity index (χ4v) is 1.90. The van der Waals surface area contributed by atoms with E-state index in [-0.39, 0.29) is 11.6 Å². The predicted molar refractivity (Wildman–Crippen MR) is 53.9 cm³/mol. The minimum Gasteiger partial charge on any atom is -0.386 e. The zero-order valence-electron chi connectivity index (χ0n) is 8.28. The van der Waals surface area contributed by atoms with Gasteiger partial charge in [-0.25, -0.2) is 0 Å². The molecule has 0 aliphatic carbocycles. The Kier molecular flexibility index (Phi) is 1.64. The van der Waals surface area contributed by atoms with Crippen molar-refractivity contribution >= 4 is 5.69 Å². The number of hydrogen-bond donors (Lipinski definition) is 1. The lowest BCUT2D eigenvalue weighted by molar-refractivity contribution is 0.115. The smallest absolute Gasteiger partial charge is 0.104 e. The van der Waals surface area contributed by atoms with Crippen LogP contribution in [0.1, 0.15) is 25.5 Å². The Morgan fingerprint density at radius 3 is 2.54 bits per heavy atom. The zero-order chi connectivity index (χ0) is 9.64. The maximum atomic E-state index is 10.0. The second-order valence-corrected chi connectivity index (χ2v) is 4.17. The molecule has 1 aromatic rings. The van der Waals surface area contributed by atoms with Gasteiger partial charge in [-0.2, -0.15) is 0 Å². The van der Waals surface area contributed by atoms with E-state index in [1.54, 1.807) is 0 Å². The molecule has 0 saturated heterocycles. The van der Waals surface area contributed by atoms with Crippen molar-refractivity contribution in [3.63, 3.8) is 0 Å². The number of para-hydroxylation sites is 1. The molecule has 0 bridgehead atoms. The second kappa shape index (κ2) is 2.48. The van der Waals surface area contributed by atoms with Crippen LogP contribution < -0.4 is 4.90 Å². The van der Waals surface area contributed by atoms with Crippen LogP contribution in [-0.2, 0) is 0 Å². The summed E-state index contributed by atoms with van der Waals surface area (Å²) < 4.78 is 0. The maximum absolute atomic E-state index is 10.0. The third kappa shape index (κ3) is 0.985. The fourth-order valence-electron chi connectivity index (χ4n) is 1.90. The van der Waals surface area contributed by atoms with Crippen LogP contribution in [0.25, 0.3) is 0 Å². The van der Waals surface area contributed by atoms with Gasteiger partial charge in [-0.3, -0.25) is 0 Å². The molecule has 13 heavy (non-hydrogen) atoms. The molecule has 1 atom stereocenters. The van der Waals surface area contributed by atoms with Crippen LogP contribution in [-0.4, -0.2) is 17.7 Å². The molecule has 2 heteroatoms. The average Bonchev–Trinajstić information content (AvgIpc) is 2.30. The topological polar surface area (TPSA) is 23.5 Å². The van der Waals surface area contributed by atoms with Crippen molar-refractivity contribution in [2.24, 2.45) is 0 Å². The number of benzene rings is 1. The number of likely N-dealkylation sites (N-methyl/N-ethyl adjacent to an activating group) is 1. The number of rotatable bonds is 0. The maximum Gasteiger partial charge on any atom is 0.104 e. The van der Waals surface area contributed by atoms with Gasteiger partial charge in [-0.05, 0) is 19.9 Å². The van der Waals surface area contributed by atoms with Crippen molar-refractivity contribution < 1.29 is 5.11 Å². The van der Waals surface area contributed by atoms with Crippen LogP contribution >= 0.6 is 0 Å². The Bertz CT molecular complexity index is 302. The summed E-state index contributed by atoms with van der Waals surface area (Å²) >= 11 is 0. The van der Waals surface area contributed by atoms with E-state index in [0.29, 0.717) is 0 Å². The monoisotopic (exact) mass is 177 g/mol. The van der Waals surface area contributed by atoms with Crippen LogP contribution in [0.4, 0.5) is 5.69 Å². The van der Waals surface area contributed by atoms with Crippen LogP contribution in [0.2, 0.25) is 0 Å². The molecule has 1 heterocycles. The summed E-state index contributed by atoms with van der Waals surface area (Å²) in [5.74, 6) is 0. The van der Waals surface area contributed by atoms with Gasteiger partial charge in [0, 0.05) is 18.3 Å². The predicted octanol–water partition coefficient (Wildman–Crippen LogP) is 1.95. The first-order valence-corrected chi connectivity index (χ1v) is 4.56. The van der Waals surface area contributed by atoms with Gasteiger partial charge >= 0.3 is 0 Å². The lowest BCUT2D eigenvalue weighted by Crippen LogP contribution is -2.40. The van der Waals surface area contributed by atoms with E-state index < -0.39 is 0 Å². The minimum atomic E-state index is -0.381. The lowest BCUT2D eigenvalue weighted by atomic mass is 9.96. The molecule has 2 rings (SSSR count). The Balaban J connectivity index is 2.57. The molecule has 0 fully saturated rings. The highest BCUT2D eigenvalue weighted by molar-refractivity contribution is 5.62. The number of fused-ring (bicyclic) bond motifs is 1. The Morgan fingerprint density at radius 1 is 1.31 bits per heavy atom. The summed E-state index contributed by atoms with van der Waals surface area (Å²) in [5.41, 5.74) is 1.99. The minimum absolute atomic E-state index is 0.191. The van der Waals surface area contributed by atoms with E-state index in [2.05, 4.69) is 18.7 Å². The first kappa shape index (κ1) is 8.57. The van der Waals surface area contributed by atoms with E-state index in [4.69, 9.17) is 0 Å². The van der Waals surface area contributed by atoms with E-state index in [9.17, 15) is 5.11 Å². The van der Waals surface area contributed by atoms with Crippen molar-refractivity contribution in [2.75, 3.05) is 11.9 Å². The van der Waals surface area contributed by atoms with Gasteiger partial charge < -0.3 is 10.0 Å². The van der Waals surface area contributed by atoms with Crippen LogP contribution in [0, 0.1) is 0 Å². The molecule has 70 valence electrons. The number of nitrogens with zero attached hydrogens (tertiary/aromatic N) is 1. The van der Waals surface area contributed by atoms with E-state index in [0.717, 1.165) is 11.3 Å². The molecule has 0 saturated carbocycles. The highest BCUT2D eigenvalue weighted by atomic mass is 16.3. The van der Waals surface area contributed by atoms with Gasteiger partial charge in [0.2, 0.25) is 0 Å². The van der Waals surface area contributed by atoms with Gasteiger partial charge in [0.25, 0.3) is 0 Å². The number of hydrogen-bond acceptors (Lipinski definition) is 2. The summed E-state index contributed by atoms with van der Waals surface area (Å²) in [7, 11) is 2.02. The Hall–Kier alpha value is -1.02. The molecule has 0 radical (unpaired) electrons. The van der Waals surface area contributed by atoms with E-state index >= 15 is 0 Å². The lowest BCUT2D eigenvalue weighted by Gasteiger charge is -2.32. The average molecular weight is 177 g/mol. The standard InChI is InChI=1S/C11H15NO/c1-11(2)10(13)8-6-4-5-7-9(8)12(11)3/h4-7,10,13H,1-3H3. The van der Waals surface area contributed by atoms with E-state index in [1.165, 1.54) is 0 Å². The molecule has 0 aromatic heterocycles. The SMILES string of the molecule is CN1c2ccccc2C(O)C1(C)C. The molecule has 1 aliphatic rings. The van der Waals surface area contributed by atoms with Crippen molar-refractivity contribution in [3.8, 4) is 0 Å². The first-order chi connectivity index (χ1) is 6.05. The molecule has 0 spiro atoms. The molecule has 1 aromatic carbocycles.